The van der Waals surface area contributed by atoms with Gasteiger partial charge in [0.25, 0.3) is 0 Å². The number of unbranched alkanes of at least 4 members (excludes halogenated alkanes) is 1. The summed E-state index contributed by atoms with van der Waals surface area (Å²) in [5, 5.41) is 9.01. The standard InChI is InChI=1S/C14H19NO/c1-4-5-10-16-13-8-6-12(7-9-13)14(2,3)11-15/h6-9H,4-5,10H2,1-3H3. The molecule has 0 N–H and O–H groups in total. The molecule has 0 heterocycles. The minimum absolute atomic E-state index is 0.429. The largest absolute Gasteiger partial charge is 0.494 e. The van der Waals surface area contributed by atoms with Gasteiger partial charge >= 0.3 is 0 Å². The molecule has 0 unspecified atom stereocenters. The van der Waals surface area contributed by atoms with E-state index in [4.69, 9.17) is 10.00 Å². The van der Waals surface area contributed by atoms with E-state index < -0.39 is 5.41 Å². The van der Waals surface area contributed by atoms with E-state index in [0.29, 0.717) is 0 Å². The van der Waals surface area contributed by atoms with Gasteiger partial charge in [0.1, 0.15) is 5.75 Å². The molecule has 86 valence electrons. The van der Waals surface area contributed by atoms with Gasteiger partial charge in [0, 0.05) is 0 Å². The lowest BCUT2D eigenvalue weighted by molar-refractivity contribution is 0.309. The van der Waals surface area contributed by atoms with E-state index in [9.17, 15) is 0 Å². The van der Waals surface area contributed by atoms with Crippen molar-refractivity contribution >= 4 is 0 Å². The van der Waals surface area contributed by atoms with Crippen molar-refractivity contribution in [2.45, 2.75) is 39.0 Å². The summed E-state index contributed by atoms with van der Waals surface area (Å²) in [6, 6.07) is 10.1. The second-order valence-corrected chi connectivity index (χ2v) is 4.46. The molecule has 2 heteroatoms. The van der Waals surface area contributed by atoms with E-state index >= 15 is 0 Å². The average molecular weight is 217 g/mol. The highest BCUT2D eigenvalue weighted by Crippen LogP contribution is 2.24. The van der Waals surface area contributed by atoms with Crippen LogP contribution in [0.5, 0.6) is 5.75 Å². The van der Waals surface area contributed by atoms with Crippen LogP contribution in [-0.2, 0) is 5.41 Å². The fraction of sp³-hybridized carbons (Fsp3) is 0.500. The molecule has 0 spiro atoms. The van der Waals surface area contributed by atoms with Gasteiger partial charge in [-0.25, -0.2) is 0 Å². The van der Waals surface area contributed by atoms with Crippen molar-refractivity contribution in [3.05, 3.63) is 29.8 Å². The van der Waals surface area contributed by atoms with Crippen LogP contribution in [0, 0.1) is 11.3 Å². The molecule has 0 fully saturated rings. The molecule has 0 radical (unpaired) electrons. The first kappa shape index (κ1) is 12.6. The molecule has 0 amide bonds. The van der Waals surface area contributed by atoms with Crippen molar-refractivity contribution in [1.82, 2.24) is 0 Å². The topological polar surface area (TPSA) is 33.0 Å². The zero-order valence-electron chi connectivity index (χ0n) is 10.3. The summed E-state index contributed by atoms with van der Waals surface area (Å²) in [7, 11) is 0. The number of hydrogen-bond donors (Lipinski definition) is 0. The summed E-state index contributed by atoms with van der Waals surface area (Å²) in [6.07, 6.45) is 2.21. The molecule has 0 aromatic heterocycles. The Balaban J connectivity index is 2.65. The zero-order chi connectivity index (χ0) is 12.0. The van der Waals surface area contributed by atoms with E-state index in [1.807, 2.05) is 38.1 Å². The highest BCUT2D eigenvalue weighted by atomic mass is 16.5. The molecule has 2 nitrogen and oxygen atoms in total. The quantitative estimate of drug-likeness (QED) is 0.705. The highest BCUT2D eigenvalue weighted by Gasteiger charge is 2.19. The van der Waals surface area contributed by atoms with Crippen molar-refractivity contribution in [1.29, 1.82) is 5.26 Å². The maximum absolute atomic E-state index is 9.01. The van der Waals surface area contributed by atoms with Gasteiger partial charge < -0.3 is 4.74 Å². The van der Waals surface area contributed by atoms with Crippen molar-refractivity contribution < 1.29 is 4.74 Å². The summed E-state index contributed by atoms with van der Waals surface area (Å²) in [5.74, 6) is 0.880. The molecular weight excluding hydrogens is 198 g/mol. The first-order chi connectivity index (χ1) is 7.60. The van der Waals surface area contributed by atoms with E-state index in [-0.39, 0.29) is 0 Å². The fourth-order valence-electron chi connectivity index (χ4n) is 1.37. The molecule has 0 aliphatic heterocycles. The second kappa shape index (κ2) is 5.55. The van der Waals surface area contributed by atoms with Gasteiger partial charge in [-0.2, -0.15) is 5.26 Å². The Hall–Kier alpha value is -1.49. The van der Waals surface area contributed by atoms with Crippen molar-refractivity contribution in [2.24, 2.45) is 0 Å². The molecule has 16 heavy (non-hydrogen) atoms. The summed E-state index contributed by atoms with van der Waals surface area (Å²) >= 11 is 0. The highest BCUT2D eigenvalue weighted by molar-refractivity contribution is 5.35. The van der Waals surface area contributed by atoms with Gasteiger partial charge in [0.15, 0.2) is 0 Å². The maximum Gasteiger partial charge on any atom is 0.119 e. The lowest BCUT2D eigenvalue weighted by Crippen LogP contribution is -2.13. The normalized spacial score (nSPS) is 10.9. The van der Waals surface area contributed by atoms with Crippen molar-refractivity contribution in [3.8, 4) is 11.8 Å². The molecule has 1 aromatic carbocycles. The first-order valence-electron chi connectivity index (χ1n) is 5.74. The minimum Gasteiger partial charge on any atom is -0.494 e. The Labute approximate surface area is 97.9 Å². The molecule has 0 bridgehead atoms. The van der Waals surface area contributed by atoms with Crippen LogP contribution in [-0.4, -0.2) is 6.61 Å². The third kappa shape index (κ3) is 3.27. The van der Waals surface area contributed by atoms with E-state index in [2.05, 4.69) is 13.0 Å². The number of nitrogens with zero attached hydrogens (tertiary/aromatic N) is 1. The van der Waals surface area contributed by atoms with Crippen LogP contribution in [0.2, 0.25) is 0 Å². The van der Waals surface area contributed by atoms with Gasteiger partial charge in [-0.3, -0.25) is 0 Å². The van der Waals surface area contributed by atoms with Crippen LogP contribution in [0.1, 0.15) is 39.2 Å². The third-order valence-corrected chi connectivity index (χ3v) is 2.62. The summed E-state index contributed by atoms with van der Waals surface area (Å²) in [4.78, 5) is 0. The molecule has 0 atom stereocenters. The molecular formula is C14H19NO. The summed E-state index contributed by atoms with van der Waals surface area (Å²) < 4.78 is 5.56. The van der Waals surface area contributed by atoms with Gasteiger partial charge in [-0.1, -0.05) is 25.5 Å². The van der Waals surface area contributed by atoms with Crippen LogP contribution >= 0.6 is 0 Å². The number of rotatable bonds is 5. The number of nitriles is 1. The van der Waals surface area contributed by atoms with Crippen LogP contribution in [0.25, 0.3) is 0 Å². The van der Waals surface area contributed by atoms with Gasteiger partial charge in [0.05, 0.1) is 18.1 Å². The van der Waals surface area contributed by atoms with Crippen LogP contribution < -0.4 is 4.74 Å². The molecule has 0 aliphatic carbocycles. The Morgan fingerprint density at radius 1 is 1.25 bits per heavy atom. The summed E-state index contributed by atoms with van der Waals surface area (Å²) in [5.41, 5.74) is 0.597. The Morgan fingerprint density at radius 3 is 2.38 bits per heavy atom. The smallest absolute Gasteiger partial charge is 0.119 e. The molecule has 0 aliphatic rings. The van der Waals surface area contributed by atoms with Crippen LogP contribution in [0.4, 0.5) is 0 Å². The lowest BCUT2D eigenvalue weighted by Gasteiger charge is -2.16. The molecule has 1 aromatic rings. The third-order valence-electron chi connectivity index (χ3n) is 2.62. The molecule has 1 rings (SSSR count). The van der Waals surface area contributed by atoms with E-state index in [1.165, 1.54) is 0 Å². The monoisotopic (exact) mass is 217 g/mol. The average Bonchev–Trinajstić information content (AvgIpc) is 2.30. The SMILES string of the molecule is CCCCOc1ccc(C(C)(C)C#N)cc1. The number of benzene rings is 1. The van der Waals surface area contributed by atoms with Gasteiger partial charge in [-0.15, -0.1) is 0 Å². The van der Waals surface area contributed by atoms with Crippen LogP contribution in [0.15, 0.2) is 24.3 Å². The lowest BCUT2D eigenvalue weighted by atomic mass is 9.86. The summed E-state index contributed by atoms with van der Waals surface area (Å²) in [6.45, 7) is 6.74. The van der Waals surface area contributed by atoms with E-state index in [0.717, 1.165) is 30.8 Å². The Morgan fingerprint density at radius 2 is 1.88 bits per heavy atom. The Bertz CT molecular complexity index is 359. The zero-order valence-corrected chi connectivity index (χ0v) is 10.3. The first-order valence-corrected chi connectivity index (χ1v) is 5.74. The van der Waals surface area contributed by atoms with Crippen molar-refractivity contribution in [3.63, 3.8) is 0 Å². The van der Waals surface area contributed by atoms with Crippen molar-refractivity contribution in [2.75, 3.05) is 6.61 Å². The Kier molecular flexibility index (Phi) is 4.37. The number of ether oxygens (including phenoxy) is 1. The fourth-order valence-corrected chi connectivity index (χ4v) is 1.37. The maximum atomic E-state index is 9.01. The predicted octanol–water partition coefficient (Wildman–Crippen LogP) is 3.67. The second-order valence-electron chi connectivity index (χ2n) is 4.46. The van der Waals surface area contributed by atoms with E-state index in [1.54, 1.807) is 0 Å². The van der Waals surface area contributed by atoms with Gasteiger partial charge in [0.2, 0.25) is 0 Å². The molecule has 0 saturated carbocycles. The predicted molar refractivity (Wildman–Crippen MR) is 65.5 cm³/mol. The van der Waals surface area contributed by atoms with Crippen LogP contribution in [0.3, 0.4) is 0 Å². The minimum atomic E-state index is -0.429. The number of hydrogen-bond acceptors (Lipinski definition) is 2. The molecule has 0 saturated heterocycles. The van der Waals surface area contributed by atoms with Gasteiger partial charge in [-0.05, 0) is 38.0 Å².